The average Bonchev–Trinajstić information content (AvgIpc) is 2.95. The van der Waals surface area contributed by atoms with Crippen molar-refractivity contribution < 1.29 is 14.3 Å². The Morgan fingerprint density at radius 1 is 1.29 bits per heavy atom. The van der Waals surface area contributed by atoms with Crippen molar-refractivity contribution in [2.45, 2.75) is 32.8 Å². The molecular formula is C17H32N4O3. The van der Waals surface area contributed by atoms with Gasteiger partial charge in [-0.2, -0.15) is 0 Å². The molecule has 0 amide bonds. The van der Waals surface area contributed by atoms with Crippen LogP contribution in [0, 0.1) is 5.92 Å². The summed E-state index contributed by atoms with van der Waals surface area (Å²) in [6.45, 7) is 12.6. The number of ether oxygens (including phenoxy) is 2. The largest absolute Gasteiger partial charge is 0.459 e. The standard InChI is InChI=1S/C17H32N4O3/c1-17(2,3)24-15(22)11-19-16(18-4)21-6-5-14(13-21)12-20-7-9-23-10-8-20/h14H,5-13H2,1-4H3,(H,18,19). The predicted octanol–water partition coefficient (Wildman–Crippen LogP) is 0.558. The van der Waals surface area contributed by atoms with Crippen LogP contribution in [0.5, 0.6) is 0 Å². The minimum absolute atomic E-state index is 0.147. The van der Waals surface area contributed by atoms with Gasteiger partial charge in [-0.3, -0.25) is 14.7 Å². The van der Waals surface area contributed by atoms with E-state index >= 15 is 0 Å². The van der Waals surface area contributed by atoms with E-state index in [1.807, 2.05) is 20.8 Å². The van der Waals surface area contributed by atoms with Gasteiger partial charge in [-0.1, -0.05) is 0 Å². The molecule has 0 aromatic heterocycles. The molecule has 1 atom stereocenters. The number of rotatable bonds is 4. The van der Waals surface area contributed by atoms with Gasteiger partial charge in [-0.05, 0) is 33.1 Å². The lowest BCUT2D eigenvalue weighted by atomic mass is 10.1. The van der Waals surface area contributed by atoms with Gasteiger partial charge in [0.1, 0.15) is 12.1 Å². The van der Waals surface area contributed by atoms with Crippen LogP contribution in [0.25, 0.3) is 0 Å². The van der Waals surface area contributed by atoms with Crippen LogP contribution in [0.2, 0.25) is 0 Å². The van der Waals surface area contributed by atoms with Crippen LogP contribution in [-0.2, 0) is 14.3 Å². The summed E-state index contributed by atoms with van der Waals surface area (Å²) in [6, 6.07) is 0. The normalized spacial score (nSPS) is 23.4. The molecule has 0 aliphatic carbocycles. The number of nitrogens with one attached hydrogen (secondary N) is 1. The van der Waals surface area contributed by atoms with Crippen LogP contribution in [0.1, 0.15) is 27.2 Å². The maximum absolute atomic E-state index is 11.8. The SMILES string of the molecule is CN=C(NCC(=O)OC(C)(C)C)N1CCC(CN2CCOCC2)C1. The van der Waals surface area contributed by atoms with Crippen LogP contribution in [0.15, 0.2) is 4.99 Å². The second-order valence-corrected chi connectivity index (χ2v) is 7.50. The van der Waals surface area contributed by atoms with Crippen LogP contribution in [0.3, 0.4) is 0 Å². The maximum Gasteiger partial charge on any atom is 0.325 e. The molecule has 0 spiro atoms. The molecule has 0 radical (unpaired) electrons. The van der Waals surface area contributed by atoms with Crippen molar-refractivity contribution in [2.75, 3.05) is 59.5 Å². The second-order valence-electron chi connectivity index (χ2n) is 7.50. The highest BCUT2D eigenvalue weighted by Crippen LogP contribution is 2.18. The number of guanidine groups is 1. The van der Waals surface area contributed by atoms with Crippen molar-refractivity contribution in [1.82, 2.24) is 15.1 Å². The van der Waals surface area contributed by atoms with E-state index in [1.54, 1.807) is 7.05 Å². The Morgan fingerprint density at radius 3 is 2.62 bits per heavy atom. The number of carbonyl (C=O) groups is 1. The van der Waals surface area contributed by atoms with E-state index in [4.69, 9.17) is 9.47 Å². The summed E-state index contributed by atoms with van der Waals surface area (Å²) in [5.41, 5.74) is -0.459. The van der Waals surface area contributed by atoms with E-state index < -0.39 is 5.60 Å². The number of aliphatic imine (C=N–C) groups is 1. The van der Waals surface area contributed by atoms with E-state index in [2.05, 4.69) is 20.1 Å². The van der Waals surface area contributed by atoms with E-state index in [0.717, 1.165) is 58.3 Å². The van der Waals surface area contributed by atoms with Crippen LogP contribution in [-0.4, -0.2) is 86.9 Å². The first-order chi connectivity index (χ1) is 11.4. The molecule has 0 bridgehead atoms. The van der Waals surface area contributed by atoms with Crippen LogP contribution >= 0.6 is 0 Å². The van der Waals surface area contributed by atoms with E-state index in [1.165, 1.54) is 0 Å². The highest BCUT2D eigenvalue weighted by molar-refractivity contribution is 5.84. The highest BCUT2D eigenvalue weighted by Gasteiger charge is 2.27. The Morgan fingerprint density at radius 2 is 2.00 bits per heavy atom. The van der Waals surface area contributed by atoms with E-state index in [9.17, 15) is 4.79 Å². The molecule has 0 aromatic carbocycles. The number of hydrogen-bond acceptors (Lipinski definition) is 5. The lowest BCUT2D eigenvalue weighted by Gasteiger charge is -2.29. The predicted molar refractivity (Wildman–Crippen MR) is 94.1 cm³/mol. The Hall–Kier alpha value is -1.34. The van der Waals surface area contributed by atoms with Gasteiger partial charge < -0.3 is 19.7 Å². The van der Waals surface area contributed by atoms with Gasteiger partial charge in [-0.15, -0.1) is 0 Å². The van der Waals surface area contributed by atoms with Crippen LogP contribution < -0.4 is 5.32 Å². The fourth-order valence-electron chi connectivity index (χ4n) is 3.18. The average molecular weight is 340 g/mol. The fraction of sp³-hybridized carbons (Fsp3) is 0.882. The van der Waals surface area contributed by atoms with Gasteiger partial charge in [0.25, 0.3) is 0 Å². The number of nitrogens with zero attached hydrogens (tertiary/aromatic N) is 3. The molecular weight excluding hydrogens is 308 g/mol. The molecule has 7 heteroatoms. The molecule has 24 heavy (non-hydrogen) atoms. The van der Waals surface area contributed by atoms with Gasteiger partial charge >= 0.3 is 5.97 Å². The zero-order valence-corrected chi connectivity index (χ0v) is 15.5. The molecule has 1 unspecified atom stereocenters. The Balaban J connectivity index is 1.74. The van der Waals surface area contributed by atoms with E-state index in [-0.39, 0.29) is 12.5 Å². The molecule has 0 aromatic rings. The summed E-state index contributed by atoms with van der Waals surface area (Å²) < 4.78 is 10.7. The summed E-state index contributed by atoms with van der Waals surface area (Å²) in [7, 11) is 1.76. The summed E-state index contributed by atoms with van der Waals surface area (Å²) in [6.07, 6.45) is 1.16. The van der Waals surface area contributed by atoms with Crippen molar-refractivity contribution in [1.29, 1.82) is 0 Å². The van der Waals surface area contributed by atoms with Gasteiger partial charge in [0, 0.05) is 39.8 Å². The number of hydrogen-bond donors (Lipinski definition) is 1. The second kappa shape index (κ2) is 8.67. The first-order valence-corrected chi connectivity index (χ1v) is 8.85. The number of esters is 1. The van der Waals surface area contributed by atoms with Crippen molar-refractivity contribution in [3.05, 3.63) is 0 Å². The van der Waals surface area contributed by atoms with Gasteiger partial charge in [0.2, 0.25) is 0 Å². The molecule has 2 aliphatic heterocycles. The third kappa shape index (κ3) is 6.28. The lowest BCUT2D eigenvalue weighted by Crippen LogP contribution is -2.44. The minimum atomic E-state index is -0.459. The monoisotopic (exact) mass is 340 g/mol. The third-order valence-electron chi connectivity index (χ3n) is 4.23. The zero-order valence-electron chi connectivity index (χ0n) is 15.5. The van der Waals surface area contributed by atoms with Crippen molar-refractivity contribution >= 4 is 11.9 Å². The molecule has 7 nitrogen and oxygen atoms in total. The van der Waals surface area contributed by atoms with Gasteiger partial charge in [0.05, 0.1) is 13.2 Å². The van der Waals surface area contributed by atoms with Gasteiger partial charge in [-0.25, -0.2) is 0 Å². The van der Waals surface area contributed by atoms with E-state index in [0.29, 0.717) is 5.92 Å². The fourth-order valence-corrected chi connectivity index (χ4v) is 3.18. The molecule has 1 N–H and O–H groups in total. The molecule has 0 saturated carbocycles. The smallest absolute Gasteiger partial charge is 0.325 e. The first kappa shape index (κ1) is 19.0. The zero-order chi connectivity index (χ0) is 17.6. The van der Waals surface area contributed by atoms with Crippen molar-refractivity contribution in [3.8, 4) is 0 Å². The van der Waals surface area contributed by atoms with Gasteiger partial charge in [0.15, 0.2) is 5.96 Å². The Labute approximate surface area is 145 Å². The lowest BCUT2D eigenvalue weighted by molar-refractivity contribution is -0.153. The summed E-state index contributed by atoms with van der Waals surface area (Å²) in [5.74, 6) is 1.17. The topological polar surface area (TPSA) is 66.4 Å². The van der Waals surface area contributed by atoms with Crippen molar-refractivity contribution in [2.24, 2.45) is 10.9 Å². The number of morpholine rings is 1. The number of carbonyl (C=O) groups excluding carboxylic acids is 1. The molecule has 2 aliphatic rings. The molecule has 2 heterocycles. The minimum Gasteiger partial charge on any atom is -0.459 e. The van der Waals surface area contributed by atoms with Crippen LogP contribution in [0.4, 0.5) is 0 Å². The Bertz CT molecular complexity index is 442. The molecule has 2 saturated heterocycles. The number of likely N-dealkylation sites (tertiary alicyclic amines) is 1. The third-order valence-corrected chi connectivity index (χ3v) is 4.23. The summed E-state index contributed by atoms with van der Waals surface area (Å²) in [4.78, 5) is 20.9. The Kier molecular flexibility index (Phi) is 6.86. The quantitative estimate of drug-likeness (QED) is 0.458. The first-order valence-electron chi connectivity index (χ1n) is 8.85. The summed E-state index contributed by atoms with van der Waals surface area (Å²) >= 11 is 0. The highest BCUT2D eigenvalue weighted by atomic mass is 16.6. The van der Waals surface area contributed by atoms with Crippen molar-refractivity contribution in [3.63, 3.8) is 0 Å². The molecule has 2 fully saturated rings. The molecule has 2 rings (SSSR count). The summed E-state index contributed by atoms with van der Waals surface area (Å²) in [5, 5.41) is 3.13. The maximum atomic E-state index is 11.8. The molecule has 138 valence electrons.